The van der Waals surface area contributed by atoms with E-state index in [1.54, 1.807) is 6.20 Å². The van der Waals surface area contributed by atoms with Crippen LogP contribution in [0.1, 0.15) is 45.4 Å². The maximum absolute atomic E-state index is 11.7. The number of hydrogen-bond acceptors (Lipinski definition) is 5. The highest BCUT2D eigenvalue weighted by molar-refractivity contribution is 7.20. The van der Waals surface area contributed by atoms with Crippen molar-refractivity contribution in [1.29, 1.82) is 0 Å². The molecule has 0 radical (unpaired) electrons. The Morgan fingerprint density at radius 1 is 1.55 bits per heavy atom. The number of anilines is 1. The molecule has 0 aromatic carbocycles. The van der Waals surface area contributed by atoms with Crippen LogP contribution in [0, 0.1) is 5.92 Å². The zero-order valence-electron chi connectivity index (χ0n) is 11.7. The van der Waals surface area contributed by atoms with Gasteiger partial charge in [-0.15, -0.1) is 5.10 Å². The van der Waals surface area contributed by atoms with Crippen LogP contribution in [0.2, 0.25) is 0 Å². The monoisotopic (exact) mass is 292 g/mol. The topological polar surface area (TPSA) is 59.3 Å². The van der Waals surface area contributed by atoms with Gasteiger partial charge in [-0.25, -0.2) is 4.98 Å². The Hall–Kier alpha value is -1.43. The van der Waals surface area contributed by atoms with Gasteiger partial charge in [0.1, 0.15) is 0 Å². The van der Waals surface area contributed by atoms with Crippen molar-refractivity contribution in [2.24, 2.45) is 5.92 Å². The maximum atomic E-state index is 11.7. The van der Waals surface area contributed by atoms with Crippen molar-refractivity contribution < 1.29 is 0 Å². The summed E-state index contributed by atoms with van der Waals surface area (Å²) in [4.78, 5) is 16.5. The minimum absolute atomic E-state index is 0.118. The lowest BCUT2D eigenvalue weighted by molar-refractivity contribution is 0.263. The van der Waals surface area contributed by atoms with Crippen LogP contribution < -0.4 is 10.9 Å². The van der Waals surface area contributed by atoms with E-state index in [1.807, 2.05) is 0 Å². The van der Waals surface area contributed by atoms with E-state index in [4.69, 9.17) is 0 Å². The number of aromatic nitrogens is 3. The van der Waals surface area contributed by atoms with Crippen molar-refractivity contribution in [3.63, 3.8) is 0 Å². The summed E-state index contributed by atoms with van der Waals surface area (Å²) in [5.74, 6) is 0.762. The van der Waals surface area contributed by atoms with Crippen LogP contribution in [-0.2, 0) is 0 Å². The fourth-order valence-corrected chi connectivity index (χ4v) is 3.49. The molecule has 5 nitrogen and oxygen atoms in total. The lowest BCUT2D eigenvalue weighted by atomic mass is 9.78. The van der Waals surface area contributed by atoms with Crippen LogP contribution in [0.4, 0.5) is 5.13 Å². The van der Waals surface area contributed by atoms with Gasteiger partial charge in [0.25, 0.3) is 5.56 Å². The number of fused-ring (bicyclic) bond motifs is 1. The lowest BCUT2D eigenvalue weighted by Crippen LogP contribution is -2.33. The molecule has 1 aliphatic carbocycles. The molecule has 0 saturated heterocycles. The van der Waals surface area contributed by atoms with Crippen LogP contribution in [0.5, 0.6) is 0 Å². The van der Waals surface area contributed by atoms with Crippen molar-refractivity contribution in [2.75, 3.05) is 5.32 Å². The van der Waals surface area contributed by atoms with E-state index in [2.05, 4.69) is 22.3 Å². The average Bonchev–Trinajstić information content (AvgIpc) is 2.78. The molecule has 2 aromatic heterocycles. The first-order valence-corrected chi connectivity index (χ1v) is 8.21. The van der Waals surface area contributed by atoms with Crippen LogP contribution in [-0.4, -0.2) is 20.6 Å². The summed E-state index contributed by atoms with van der Waals surface area (Å²) in [5, 5.41) is 8.70. The number of rotatable bonds is 6. The quantitative estimate of drug-likeness (QED) is 0.889. The third kappa shape index (κ3) is 2.70. The molecule has 3 rings (SSSR count). The van der Waals surface area contributed by atoms with E-state index in [9.17, 15) is 4.79 Å². The van der Waals surface area contributed by atoms with E-state index in [1.165, 1.54) is 60.4 Å². The van der Waals surface area contributed by atoms with Gasteiger partial charge in [-0.3, -0.25) is 4.79 Å². The summed E-state index contributed by atoms with van der Waals surface area (Å²) < 4.78 is 1.38. The van der Waals surface area contributed by atoms with Gasteiger partial charge >= 0.3 is 0 Å². The van der Waals surface area contributed by atoms with Gasteiger partial charge in [0.2, 0.25) is 10.1 Å². The Labute approximate surface area is 122 Å². The Kier molecular flexibility index (Phi) is 4.00. The third-order valence-corrected chi connectivity index (χ3v) is 4.92. The molecule has 0 aliphatic heterocycles. The highest BCUT2D eigenvalue weighted by atomic mass is 32.1. The molecule has 2 heterocycles. The van der Waals surface area contributed by atoms with Gasteiger partial charge in [0, 0.05) is 18.3 Å². The van der Waals surface area contributed by atoms with E-state index >= 15 is 0 Å². The van der Waals surface area contributed by atoms with E-state index < -0.39 is 0 Å². The second kappa shape index (κ2) is 5.91. The zero-order chi connectivity index (χ0) is 13.9. The molecule has 1 aliphatic rings. The lowest BCUT2D eigenvalue weighted by Gasteiger charge is -2.34. The fourth-order valence-electron chi connectivity index (χ4n) is 2.65. The predicted octanol–water partition coefficient (Wildman–Crippen LogP) is 2.92. The van der Waals surface area contributed by atoms with E-state index in [-0.39, 0.29) is 5.56 Å². The summed E-state index contributed by atoms with van der Waals surface area (Å²) in [5.41, 5.74) is -0.118. The Balaban J connectivity index is 1.78. The van der Waals surface area contributed by atoms with Crippen molar-refractivity contribution in [3.05, 3.63) is 22.6 Å². The summed E-state index contributed by atoms with van der Waals surface area (Å²) in [7, 11) is 0. The Morgan fingerprint density at radius 2 is 2.40 bits per heavy atom. The first-order chi connectivity index (χ1) is 9.78. The molecule has 0 spiro atoms. The van der Waals surface area contributed by atoms with Gasteiger partial charge in [-0.05, 0) is 25.2 Å². The van der Waals surface area contributed by atoms with Crippen LogP contribution in [0.15, 0.2) is 17.1 Å². The standard InChI is InChI=1S/C14H20N4OS/c1-2-3-7-11(10-5-4-6-10)16-13-17-18-12(19)8-9-15-14(18)20-13/h8-11H,2-7H2,1H3,(H,16,17)/t11-/m0/s1. The smallest absolute Gasteiger partial charge is 0.275 e. The highest BCUT2D eigenvalue weighted by Crippen LogP contribution is 2.34. The zero-order valence-corrected chi connectivity index (χ0v) is 12.5. The van der Waals surface area contributed by atoms with E-state index in [0.29, 0.717) is 11.0 Å². The fraction of sp³-hybridized carbons (Fsp3) is 0.643. The van der Waals surface area contributed by atoms with Crippen LogP contribution >= 0.6 is 11.3 Å². The van der Waals surface area contributed by atoms with Crippen molar-refractivity contribution >= 4 is 21.4 Å². The molecular weight excluding hydrogens is 272 g/mol. The molecule has 20 heavy (non-hydrogen) atoms. The Morgan fingerprint density at radius 3 is 3.05 bits per heavy atom. The van der Waals surface area contributed by atoms with E-state index in [0.717, 1.165) is 11.0 Å². The molecule has 0 unspecified atom stereocenters. The first kappa shape index (κ1) is 13.5. The predicted molar refractivity (Wildman–Crippen MR) is 81.4 cm³/mol. The van der Waals surface area contributed by atoms with Gasteiger partial charge in [-0.1, -0.05) is 37.5 Å². The van der Waals surface area contributed by atoms with Crippen LogP contribution in [0.3, 0.4) is 0 Å². The van der Waals surface area contributed by atoms with Crippen molar-refractivity contribution in [2.45, 2.75) is 51.5 Å². The Bertz CT molecular complexity index is 631. The number of hydrogen-bond donors (Lipinski definition) is 1. The maximum Gasteiger partial charge on any atom is 0.275 e. The third-order valence-electron chi connectivity index (χ3n) is 4.07. The van der Waals surface area contributed by atoms with Crippen molar-refractivity contribution in [1.82, 2.24) is 14.6 Å². The molecule has 1 fully saturated rings. The summed E-state index contributed by atoms with van der Waals surface area (Å²) in [6, 6.07) is 1.93. The molecule has 1 atom stereocenters. The number of unbranched alkanes of at least 4 members (excludes halogenated alkanes) is 1. The molecule has 1 N–H and O–H groups in total. The summed E-state index contributed by atoms with van der Waals surface area (Å²) in [6.45, 7) is 2.22. The summed E-state index contributed by atoms with van der Waals surface area (Å²) in [6.07, 6.45) is 9.13. The first-order valence-electron chi connectivity index (χ1n) is 7.39. The van der Waals surface area contributed by atoms with Gasteiger partial charge in [0.15, 0.2) is 0 Å². The molecule has 1 saturated carbocycles. The molecule has 108 valence electrons. The number of nitrogens with zero attached hydrogens (tertiary/aromatic N) is 3. The molecule has 0 bridgehead atoms. The van der Waals surface area contributed by atoms with Gasteiger partial charge in [-0.2, -0.15) is 4.52 Å². The minimum atomic E-state index is -0.118. The van der Waals surface area contributed by atoms with Crippen LogP contribution in [0.25, 0.3) is 4.96 Å². The van der Waals surface area contributed by atoms with Gasteiger partial charge < -0.3 is 5.32 Å². The molecule has 2 aromatic rings. The summed E-state index contributed by atoms with van der Waals surface area (Å²) >= 11 is 1.45. The van der Waals surface area contributed by atoms with Gasteiger partial charge in [0.05, 0.1) is 0 Å². The van der Waals surface area contributed by atoms with Crippen molar-refractivity contribution in [3.8, 4) is 0 Å². The largest absolute Gasteiger partial charge is 0.357 e. The second-order valence-electron chi connectivity index (χ2n) is 5.47. The molecule has 6 heteroatoms. The minimum Gasteiger partial charge on any atom is -0.357 e. The molecule has 0 amide bonds. The highest BCUT2D eigenvalue weighted by Gasteiger charge is 2.27. The second-order valence-corrected chi connectivity index (χ2v) is 6.42. The SMILES string of the molecule is CCCC[C@H](Nc1nn2c(=O)ccnc2s1)C1CCC1. The molecular formula is C14H20N4OS. The normalized spacial score (nSPS) is 17.1. The average molecular weight is 292 g/mol. The number of nitrogens with one attached hydrogen (secondary N) is 1.